The van der Waals surface area contributed by atoms with E-state index in [1.807, 2.05) is 24.5 Å². The Kier molecular flexibility index (Phi) is 7.10. The minimum atomic E-state index is 0.856. The fourth-order valence-electron chi connectivity index (χ4n) is 5.92. The largest absolute Gasteiger partial charge is 0.367 e. The van der Waals surface area contributed by atoms with Crippen molar-refractivity contribution < 1.29 is 0 Å². The first-order valence-electron chi connectivity index (χ1n) is 14.0. The number of rotatable bonds is 8. The standard InChI is InChI=1S/C40H33N/c1-5-34-35(6-2)40(37-18-11-10-17-36(37)39(34)30-15-8-7-9-16-30)33-22-21-31-23-29(19-20-32(31)24-33)14-12-13-27(3)38-26-41-25-28(38)4/h5-13,15-26,41H,1-3,14H2,4H3/b13-12-. The molecule has 1 heterocycles. The van der Waals surface area contributed by atoms with Gasteiger partial charge in [-0.25, -0.2) is 0 Å². The van der Waals surface area contributed by atoms with Gasteiger partial charge in [-0.3, -0.25) is 0 Å². The summed E-state index contributed by atoms with van der Waals surface area (Å²) in [6, 6.07) is 32.8. The molecule has 0 aliphatic heterocycles. The van der Waals surface area contributed by atoms with Crippen LogP contribution in [0.2, 0.25) is 0 Å². The van der Waals surface area contributed by atoms with Crippen LogP contribution in [0.3, 0.4) is 0 Å². The van der Waals surface area contributed by atoms with E-state index < -0.39 is 0 Å². The van der Waals surface area contributed by atoms with Crippen molar-refractivity contribution in [2.24, 2.45) is 0 Å². The fraction of sp³-hybridized carbons (Fsp3) is 0.0500. The van der Waals surface area contributed by atoms with E-state index >= 15 is 0 Å². The normalized spacial score (nSPS) is 11.3. The maximum atomic E-state index is 4.24. The van der Waals surface area contributed by atoms with E-state index in [-0.39, 0.29) is 0 Å². The second kappa shape index (κ2) is 11.2. The molecule has 1 N–H and O–H groups in total. The number of aromatic amines is 1. The average Bonchev–Trinajstić information content (AvgIpc) is 3.45. The lowest BCUT2D eigenvalue weighted by atomic mass is 9.83. The van der Waals surface area contributed by atoms with Crippen molar-refractivity contribution in [2.75, 3.05) is 0 Å². The van der Waals surface area contributed by atoms with Crippen molar-refractivity contribution in [2.45, 2.75) is 13.3 Å². The Balaban J connectivity index is 1.41. The third-order valence-electron chi connectivity index (χ3n) is 7.93. The number of aryl methyl sites for hydroxylation is 1. The lowest BCUT2D eigenvalue weighted by molar-refractivity contribution is 1.28. The first kappa shape index (κ1) is 26.1. The van der Waals surface area contributed by atoms with Gasteiger partial charge in [-0.15, -0.1) is 0 Å². The summed E-state index contributed by atoms with van der Waals surface area (Å²) in [5.41, 5.74) is 11.6. The molecule has 0 unspecified atom stereocenters. The zero-order valence-electron chi connectivity index (χ0n) is 23.5. The van der Waals surface area contributed by atoms with E-state index in [9.17, 15) is 0 Å². The van der Waals surface area contributed by atoms with E-state index in [4.69, 9.17) is 0 Å². The molecule has 0 fully saturated rings. The minimum absolute atomic E-state index is 0.856. The molecule has 0 aliphatic carbocycles. The van der Waals surface area contributed by atoms with Crippen molar-refractivity contribution in [3.63, 3.8) is 0 Å². The summed E-state index contributed by atoms with van der Waals surface area (Å²) in [6.45, 7) is 14.8. The molecule has 0 aliphatic rings. The van der Waals surface area contributed by atoms with Crippen LogP contribution in [-0.4, -0.2) is 4.98 Å². The van der Waals surface area contributed by atoms with E-state index in [1.54, 1.807) is 0 Å². The molecule has 0 radical (unpaired) electrons. The fourth-order valence-corrected chi connectivity index (χ4v) is 5.92. The van der Waals surface area contributed by atoms with Gasteiger partial charge in [0.15, 0.2) is 0 Å². The van der Waals surface area contributed by atoms with E-state index in [1.165, 1.54) is 54.9 Å². The van der Waals surface area contributed by atoms with Gasteiger partial charge < -0.3 is 4.98 Å². The van der Waals surface area contributed by atoms with Gasteiger partial charge in [0, 0.05) is 18.0 Å². The molecule has 6 rings (SSSR count). The van der Waals surface area contributed by atoms with Crippen LogP contribution in [0.5, 0.6) is 0 Å². The molecule has 0 spiro atoms. The number of allylic oxidation sites excluding steroid dienone is 3. The average molecular weight is 528 g/mol. The van der Waals surface area contributed by atoms with Crippen molar-refractivity contribution in [3.8, 4) is 22.3 Å². The van der Waals surface area contributed by atoms with Crippen molar-refractivity contribution in [1.29, 1.82) is 0 Å². The highest BCUT2D eigenvalue weighted by Crippen LogP contribution is 2.43. The molecule has 0 atom stereocenters. The number of benzene rings is 5. The van der Waals surface area contributed by atoms with E-state index in [0.29, 0.717) is 0 Å². The summed E-state index contributed by atoms with van der Waals surface area (Å²) in [6.07, 6.45) is 13.1. The molecule has 0 saturated carbocycles. The highest BCUT2D eigenvalue weighted by Gasteiger charge is 2.18. The Hall–Kier alpha value is -5.14. The number of H-pyrrole nitrogens is 1. The molecule has 6 aromatic rings. The molecule has 0 saturated heterocycles. The molecule has 1 aromatic heterocycles. The van der Waals surface area contributed by atoms with E-state index in [0.717, 1.165) is 28.7 Å². The SMILES string of the molecule is C=Cc1c(C=C)c(-c2ccc3cc(C/C=C\C(=C)c4c[nH]cc4C)ccc3c2)c2ccccc2c1-c1ccccc1. The summed E-state index contributed by atoms with van der Waals surface area (Å²) in [4.78, 5) is 3.15. The second-order valence-corrected chi connectivity index (χ2v) is 10.5. The van der Waals surface area contributed by atoms with Gasteiger partial charge in [-0.2, -0.15) is 0 Å². The third kappa shape index (κ3) is 4.88. The summed E-state index contributed by atoms with van der Waals surface area (Å²) < 4.78 is 0. The Labute approximate surface area is 242 Å². The summed E-state index contributed by atoms with van der Waals surface area (Å²) in [5.74, 6) is 0. The Morgan fingerprint density at radius 3 is 2.00 bits per heavy atom. The topological polar surface area (TPSA) is 15.8 Å². The molecule has 0 bridgehead atoms. The molecule has 198 valence electrons. The van der Waals surface area contributed by atoms with Gasteiger partial charge in [0.25, 0.3) is 0 Å². The minimum Gasteiger partial charge on any atom is -0.367 e. The van der Waals surface area contributed by atoms with Crippen molar-refractivity contribution in [1.82, 2.24) is 4.98 Å². The lowest BCUT2D eigenvalue weighted by Crippen LogP contribution is -1.96. The molecule has 1 nitrogen and oxygen atoms in total. The molecule has 1 heteroatoms. The van der Waals surface area contributed by atoms with Gasteiger partial charge in [-0.05, 0) is 91.0 Å². The van der Waals surface area contributed by atoms with E-state index in [2.05, 4.69) is 135 Å². The van der Waals surface area contributed by atoms with Gasteiger partial charge >= 0.3 is 0 Å². The molecule has 41 heavy (non-hydrogen) atoms. The molecular formula is C40H33N. The van der Waals surface area contributed by atoms with Crippen LogP contribution in [0.1, 0.15) is 27.8 Å². The van der Waals surface area contributed by atoms with Crippen LogP contribution in [0.4, 0.5) is 0 Å². The Morgan fingerprint density at radius 2 is 1.34 bits per heavy atom. The maximum absolute atomic E-state index is 4.24. The van der Waals surface area contributed by atoms with Crippen LogP contribution in [0.25, 0.3) is 61.5 Å². The molecular weight excluding hydrogens is 494 g/mol. The third-order valence-corrected chi connectivity index (χ3v) is 7.93. The Morgan fingerprint density at radius 1 is 0.707 bits per heavy atom. The molecule has 0 amide bonds. The smallest absolute Gasteiger partial charge is 0.00867 e. The van der Waals surface area contributed by atoms with Crippen LogP contribution in [0, 0.1) is 6.92 Å². The summed E-state index contributed by atoms with van der Waals surface area (Å²) in [5, 5.41) is 4.88. The predicted octanol–water partition coefficient (Wildman–Crippen LogP) is 11.1. The van der Waals surface area contributed by atoms with Gasteiger partial charge in [0.2, 0.25) is 0 Å². The van der Waals surface area contributed by atoms with Gasteiger partial charge in [0.1, 0.15) is 0 Å². The number of nitrogens with one attached hydrogen (secondary N) is 1. The lowest BCUT2D eigenvalue weighted by Gasteiger charge is -2.20. The van der Waals surface area contributed by atoms with Gasteiger partial charge in [0.05, 0.1) is 0 Å². The van der Waals surface area contributed by atoms with Gasteiger partial charge in [-0.1, -0.05) is 129 Å². The second-order valence-electron chi connectivity index (χ2n) is 10.5. The number of fused-ring (bicyclic) bond motifs is 2. The Bertz CT molecular complexity index is 1960. The number of hydrogen-bond acceptors (Lipinski definition) is 0. The maximum Gasteiger partial charge on any atom is 0.00867 e. The molecule has 5 aromatic carbocycles. The van der Waals surface area contributed by atoms with Crippen LogP contribution in [-0.2, 0) is 6.42 Å². The highest BCUT2D eigenvalue weighted by molar-refractivity contribution is 6.12. The first-order valence-corrected chi connectivity index (χ1v) is 14.0. The summed E-state index contributed by atoms with van der Waals surface area (Å²) >= 11 is 0. The number of hydrogen-bond donors (Lipinski definition) is 1. The van der Waals surface area contributed by atoms with Crippen molar-refractivity contribution >= 4 is 39.3 Å². The quantitative estimate of drug-likeness (QED) is 0.189. The first-order chi connectivity index (χ1) is 20.1. The highest BCUT2D eigenvalue weighted by atomic mass is 14.6. The zero-order valence-corrected chi connectivity index (χ0v) is 23.5. The number of aromatic nitrogens is 1. The van der Waals surface area contributed by atoms with Crippen LogP contribution < -0.4 is 0 Å². The zero-order chi connectivity index (χ0) is 28.3. The predicted molar refractivity (Wildman–Crippen MR) is 180 cm³/mol. The van der Waals surface area contributed by atoms with Crippen LogP contribution >= 0.6 is 0 Å². The summed E-state index contributed by atoms with van der Waals surface area (Å²) in [7, 11) is 0. The monoisotopic (exact) mass is 527 g/mol. The van der Waals surface area contributed by atoms with Crippen LogP contribution in [0.15, 0.2) is 135 Å². The van der Waals surface area contributed by atoms with Crippen molar-refractivity contribution in [3.05, 3.63) is 163 Å².